The highest BCUT2D eigenvalue weighted by molar-refractivity contribution is 7.90. The summed E-state index contributed by atoms with van der Waals surface area (Å²) in [6.45, 7) is 0. The molecule has 3 rings (SSSR count). The molecule has 0 radical (unpaired) electrons. The molecule has 0 spiro atoms. The molecule has 6 nitrogen and oxygen atoms in total. The van der Waals surface area contributed by atoms with Crippen LogP contribution in [0.25, 0.3) is 0 Å². The van der Waals surface area contributed by atoms with E-state index in [0.717, 1.165) is 18.3 Å². The first kappa shape index (κ1) is 18.2. The number of rotatable bonds is 5. The number of benzene rings is 1. The molecule has 2 aromatic rings. The quantitative estimate of drug-likeness (QED) is 0.854. The Morgan fingerprint density at radius 3 is 2.46 bits per heavy atom. The van der Waals surface area contributed by atoms with E-state index >= 15 is 0 Å². The highest BCUT2D eigenvalue weighted by Crippen LogP contribution is 2.48. The zero-order chi connectivity index (χ0) is 18.9. The van der Waals surface area contributed by atoms with E-state index in [4.69, 9.17) is 0 Å². The van der Waals surface area contributed by atoms with Crippen LogP contribution in [-0.2, 0) is 14.8 Å². The maximum Gasteiger partial charge on any atom is 0.573 e. The fourth-order valence-corrected chi connectivity index (χ4v) is 3.53. The number of halogens is 3. The van der Waals surface area contributed by atoms with Crippen LogP contribution in [-0.4, -0.2) is 25.7 Å². The zero-order valence-electron chi connectivity index (χ0n) is 13.1. The summed E-state index contributed by atoms with van der Waals surface area (Å²) in [6, 6.07) is 7.91. The van der Waals surface area contributed by atoms with Gasteiger partial charge in [0, 0.05) is 18.3 Å². The van der Waals surface area contributed by atoms with Gasteiger partial charge in [0.1, 0.15) is 10.6 Å². The minimum absolute atomic E-state index is 0.126. The lowest BCUT2D eigenvalue weighted by atomic mass is 10.1. The molecule has 1 N–H and O–H groups in total. The Morgan fingerprint density at radius 2 is 1.88 bits per heavy atom. The molecule has 10 heteroatoms. The number of nitrogens with zero attached hydrogens (tertiary/aromatic N) is 1. The standard InChI is InChI=1S/C16H13F3N2O4S/c17-16(18,19)25-11-5-3-10(4-6-11)13-8-14(13)15(22)21-26(23,24)12-2-1-7-20-9-12/h1-7,9,13-14H,8H2,(H,21,22)/t13-,14+/m0/s1. The summed E-state index contributed by atoms with van der Waals surface area (Å²) in [4.78, 5) is 15.7. The Bertz CT molecular complexity index is 899. The number of hydrogen-bond donors (Lipinski definition) is 1. The van der Waals surface area contributed by atoms with Crippen LogP contribution in [0.5, 0.6) is 5.75 Å². The van der Waals surface area contributed by atoms with Crippen molar-refractivity contribution < 1.29 is 31.1 Å². The van der Waals surface area contributed by atoms with Crippen molar-refractivity contribution >= 4 is 15.9 Å². The minimum Gasteiger partial charge on any atom is -0.406 e. The predicted octanol–water partition coefficient (Wildman–Crippen LogP) is 2.59. The summed E-state index contributed by atoms with van der Waals surface area (Å²) < 4.78 is 66.4. The van der Waals surface area contributed by atoms with E-state index in [-0.39, 0.29) is 16.6 Å². The number of pyridine rings is 1. The lowest BCUT2D eigenvalue weighted by molar-refractivity contribution is -0.274. The van der Waals surface area contributed by atoms with E-state index in [0.29, 0.717) is 12.0 Å². The normalized spacial score (nSPS) is 19.7. The van der Waals surface area contributed by atoms with Gasteiger partial charge in [0.15, 0.2) is 0 Å². The van der Waals surface area contributed by atoms with Crippen LogP contribution < -0.4 is 9.46 Å². The van der Waals surface area contributed by atoms with Gasteiger partial charge in [0.2, 0.25) is 5.91 Å². The molecule has 1 aliphatic carbocycles. The number of nitrogens with one attached hydrogen (secondary N) is 1. The van der Waals surface area contributed by atoms with Crippen molar-refractivity contribution in [1.29, 1.82) is 0 Å². The van der Waals surface area contributed by atoms with Crippen LogP contribution in [0.1, 0.15) is 17.9 Å². The van der Waals surface area contributed by atoms with Crippen LogP contribution in [0.3, 0.4) is 0 Å². The molecule has 0 bridgehead atoms. The molecular formula is C16H13F3N2O4S. The van der Waals surface area contributed by atoms with E-state index < -0.39 is 28.2 Å². The van der Waals surface area contributed by atoms with Crippen LogP contribution in [0, 0.1) is 5.92 Å². The molecule has 0 saturated heterocycles. The number of ether oxygens (including phenoxy) is 1. The number of amides is 1. The summed E-state index contributed by atoms with van der Waals surface area (Å²) in [7, 11) is -4.00. The maximum absolute atomic E-state index is 12.1. The van der Waals surface area contributed by atoms with Crippen molar-refractivity contribution in [2.45, 2.75) is 23.6 Å². The van der Waals surface area contributed by atoms with E-state index in [2.05, 4.69) is 9.72 Å². The first-order chi connectivity index (χ1) is 12.2. The van der Waals surface area contributed by atoms with E-state index in [1.54, 1.807) is 0 Å². The van der Waals surface area contributed by atoms with Crippen molar-refractivity contribution in [1.82, 2.24) is 9.71 Å². The fourth-order valence-electron chi connectivity index (χ4n) is 2.54. The Kier molecular flexibility index (Phi) is 4.61. The second-order valence-corrected chi connectivity index (χ2v) is 7.41. The Morgan fingerprint density at radius 1 is 1.19 bits per heavy atom. The highest BCUT2D eigenvalue weighted by Gasteiger charge is 2.45. The number of hydrogen-bond acceptors (Lipinski definition) is 5. The number of sulfonamides is 1. The van der Waals surface area contributed by atoms with Crippen molar-refractivity contribution in [2.75, 3.05) is 0 Å². The molecule has 0 aliphatic heterocycles. The van der Waals surface area contributed by atoms with Crippen LogP contribution in [0.4, 0.5) is 13.2 Å². The molecule has 1 aromatic carbocycles. The van der Waals surface area contributed by atoms with Gasteiger partial charge < -0.3 is 4.74 Å². The molecule has 1 amide bonds. The van der Waals surface area contributed by atoms with E-state index in [1.165, 1.54) is 30.5 Å². The second-order valence-electron chi connectivity index (χ2n) is 5.72. The minimum atomic E-state index is -4.77. The number of carbonyl (C=O) groups excluding carboxylic acids is 1. The van der Waals surface area contributed by atoms with Gasteiger partial charge in [-0.3, -0.25) is 9.78 Å². The number of aromatic nitrogens is 1. The molecule has 26 heavy (non-hydrogen) atoms. The summed E-state index contributed by atoms with van der Waals surface area (Å²) in [5.41, 5.74) is 0.637. The Labute approximate surface area is 147 Å². The first-order valence-electron chi connectivity index (χ1n) is 7.48. The Hall–Kier alpha value is -2.62. The van der Waals surface area contributed by atoms with E-state index in [9.17, 15) is 26.4 Å². The molecule has 1 heterocycles. The summed E-state index contributed by atoms with van der Waals surface area (Å²) in [5.74, 6) is -1.83. The van der Waals surface area contributed by atoms with Crippen molar-refractivity contribution in [2.24, 2.45) is 5.92 Å². The van der Waals surface area contributed by atoms with Crippen LogP contribution in [0.15, 0.2) is 53.7 Å². The molecule has 2 atom stereocenters. The molecule has 1 aliphatic rings. The number of alkyl halides is 3. The molecule has 1 fully saturated rings. The number of carbonyl (C=O) groups is 1. The van der Waals surface area contributed by atoms with Gasteiger partial charge in [0.25, 0.3) is 10.0 Å². The third-order valence-electron chi connectivity index (χ3n) is 3.85. The van der Waals surface area contributed by atoms with Crippen LogP contribution in [0.2, 0.25) is 0 Å². The van der Waals surface area contributed by atoms with Gasteiger partial charge in [0.05, 0.1) is 0 Å². The van der Waals surface area contributed by atoms with Gasteiger partial charge in [-0.1, -0.05) is 12.1 Å². The molecular weight excluding hydrogens is 373 g/mol. The van der Waals surface area contributed by atoms with Gasteiger partial charge >= 0.3 is 6.36 Å². The van der Waals surface area contributed by atoms with Crippen molar-refractivity contribution in [3.63, 3.8) is 0 Å². The lowest BCUT2D eigenvalue weighted by Crippen LogP contribution is -2.32. The third kappa shape index (κ3) is 4.31. The van der Waals surface area contributed by atoms with Crippen molar-refractivity contribution in [3.05, 3.63) is 54.4 Å². The zero-order valence-corrected chi connectivity index (χ0v) is 13.9. The molecule has 1 aromatic heterocycles. The average Bonchev–Trinajstić information content (AvgIpc) is 3.35. The van der Waals surface area contributed by atoms with Crippen molar-refractivity contribution in [3.8, 4) is 5.75 Å². The van der Waals surface area contributed by atoms with Gasteiger partial charge in [-0.05, 0) is 42.2 Å². The van der Waals surface area contributed by atoms with Crippen LogP contribution >= 0.6 is 0 Å². The molecule has 0 unspecified atom stereocenters. The highest BCUT2D eigenvalue weighted by atomic mass is 32.2. The topological polar surface area (TPSA) is 85.4 Å². The fraction of sp³-hybridized carbons (Fsp3) is 0.250. The Balaban J connectivity index is 1.62. The predicted molar refractivity (Wildman–Crippen MR) is 83.5 cm³/mol. The maximum atomic E-state index is 12.1. The summed E-state index contributed by atoms with van der Waals surface area (Å²) in [6.07, 6.45) is -1.83. The van der Waals surface area contributed by atoms with Gasteiger partial charge in [-0.25, -0.2) is 13.1 Å². The van der Waals surface area contributed by atoms with E-state index in [1.807, 2.05) is 4.72 Å². The van der Waals surface area contributed by atoms with Gasteiger partial charge in [-0.15, -0.1) is 13.2 Å². The second kappa shape index (κ2) is 6.60. The largest absolute Gasteiger partial charge is 0.573 e. The van der Waals surface area contributed by atoms with Gasteiger partial charge in [-0.2, -0.15) is 0 Å². The average molecular weight is 386 g/mol. The molecule has 138 valence electrons. The SMILES string of the molecule is O=C(NS(=O)(=O)c1cccnc1)[C@@H]1C[C@H]1c1ccc(OC(F)(F)F)cc1. The first-order valence-corrected chi connectivity index (χ1v) is 8.96. The lowest BCUT2D eigenvalue weighted by Gasteiger charge is -2.09. The summed E-state index contributed by atoms with van der Waals surface area (Å²) >= 11 is 0. The summed E-state index contributed by atoms with van der Waals surface area (Å²) in [5, 5.41) is 0. The monoisotopic (exact) mass is 386 g/mol. The molecule has 1 saturated carbocycles. The third-order valence-corrected chi connectivity index (χ3v) is 5.18. The smallest absolute Gasteiger partial charge is 0.406 e.